The first-order valence-electron chi connectivity index (χ1n) is 6.27. The average Bonchev–Trinajstić information content (AvgIpc) is 2.39. The fraction of sp³-hybridized carbons (Fsp3) is 0.462. The molecule has 0 bridgehead atoms. The lowest BCUT2D eigenvalue weighted by molar-refractivity contribution is -0.119. The lowest BCUT2D eigenvalue weighted by atomic mass is 10.0. The Bertz CT molecular complexity index is 482. The SMILES string of the molecule is CC(=O)NC1CCN(c2cnccc2C(=O)O)CC1. The van der Waals surface area contributed by atoms with E-state index in [2.05, 4.69) is 10.3 Å². The molecule has 1 amide bonds. The van der Waals surface area contributed by atoms with Crippen LogP contribution in [-0.4, -0.2) is 41.1 Å². The Hall–Kier alpha value is -2.11. The Kier molecular flexibility index (Phi) is 3.99. The first-order valence-corrected chi connectivity index (χ1v) is 6.27. The van der Waals surface area contributed by atoms with Crippen LogP contribution in [0.1, 0.15) is 30.1 Å². The molecule has 19 heavy (non-hydrogen) atoms. The molecule has 1 saturated heterocycles. The number of carboxylic acids is 1. The van der Waals surface area contributed by atoms with Gasteiger partial charge in [-0.15, -0.1) is 0 Å². The van der Waals surface area contributed by atoms with Gasteiger partial charge >= 0.3 is 5.97 Å². The van der Waals surface area contributed by atoms with Crippen LogP contribution in [0.2, 0.25) is 0 Å². The molecule has 2 rings (SSSR count). The Labute approximate surface area is 111 Å². The number of anilines is 1. The zero-order valence-electron chi connectivity index (χ0n) is 10.8. The zero-order chi connectivity index (χ0) is 13.8. The minimum absolute atomic E-state index is 0.0222. The fourth-order valence-electron chi connectivity index (χ4n) is 2.37. The molecule has 0 radical (unpaired) electrons. The van der Waals surface area contributed by atoms with Crippen molar-refractivity contribution in [3.8, 4) is 0 Å². The van der Waals surface area contributed by atoms with Crippen LogP contribution in [0.3, 0.4) is 0 Å². The summed E-state index contributed by atoms with van der Waals surface area (Å²) in [5, 5.41) is 12.0. The van der Waals surface area contributed by atoms with Crippen molar-refractivity contribution >= 4 is 17.6 Å². The first-order chi connectivity index (χ1) is 9.08. The van der Waals surface area contributed by atoms with Crippen LogP contribution in [0.4, 0.5) is 5.69 Å². The molecule has 102 valence electrons. The van der Waals surface area contributed by atoms with E-state index in [-0.39, 0.29) is 17.5 Å². The largest absolute Gasteiger partial charge is 0.478 e. The van der Waals surface area contributed by atoms with E-state index in [1.54, 1.807) is 6.20 Å². The molecule has 0 aliphatic carbocycles. The average molecular weight is 263 g/mol. The predicted molar refractivity (Wildman–Crippen MR) is 70.2 cm³/mol. The van der Waals surface area contributed by atoms with Crippen LogP contribution in [-0.2, 0) is 4.79 Å². The number of carboxylic acid groups (broad SMARTS) is 1. The molecule has 2 N–H and O–H groups in total. The quantitative estimate of drug-likeness (QED) is 0.846. The van der Waals surface area contributed by atoms with Gasteiger partial charge in [-0.1, -0.05) is 0 Å². The summed E-state index contributed by atoms with van der Waals surface area (Å²) >= 11 is 0. The number of aromatic carboxylic acids is 1. The van der Waals surface area contributed by atoms with E-state index in [0.717, 1.165) is 25.9 Å². The minimum atomic E-state index is -0.943. The minimum Gasteiger partial charge on any atom is -0.478 e. The maximum Gasteiger partial charge on any atom is 0.337 e. The predicted octanol–water partition coefficient (Wildman–Crippen LogP) is 0.885. The molecule has 0 unspecified atom stereocenters. The van der Waals surface area contributed by atoms with Gasteiger partial charge < -0.3 is 15.3 Å². The highest BCUT2D eigenvalue weighted by Crippen LogP contribution is 2.23. The lowest BCUT2D eigenvalue weighted by Crippen LogP contribution is -2.44. The van der Waals surface area contributed by atoms with Gasteiger partial charge in [0.2, 0.25) is 5.91 Å². The van der Waals surface area contributed by atoms with Gasteiger partial charge in [-0.3, -0.25) is 9.78 Å². The van der Waals surface area contributed by atoms with E-state index in [9.17, 15) is 9.59 Å². The van der Waals surface area contributed by atoms with Gasteiger partial charge in [-0.25, -0.2) is 4.79 Å². The summed E-state index contributed by atoms with van der Waals surface area (Å²) in [6, 6.07) is 1.69. The highest BCUT2D eigenvalue weighted by molar-refractivity contribution is 5.94. The summed E-state index contributed by atoms with van der Waals surface area (Å²) in [6.07, 6.45) is 4.69. The molecular formula is C13H17N3O3. The van der Waals surface area contributed by atoms with Gasteiger partial charge in [0.15, 0.2) is 0 Å². The third kappa shape index (κ3) is 3.21. The van der Waals surface area contributed by atoms with Gasteiger partial charge in [0, 0.05) is 32.3 Å². The molecule has 1 aromatic heterocycles. The van der Waals surface area contributed by atoms with Crippen molar-refractivity contribution in [1.82, 2.24) is 10.3 Å². The summed E-state index contributed by atoms with van der Waals surface area (Å²) in [4.78, 5) is 28.2. The number of pyridine rings is 1. The molecule has 6 heteroatoms. The van der Waals surface area contributed by atoms with Crippen molar-refractivity contribution in [3.05, 3.63) is 24.0 Å². The van der Waals surface area contributed by atoms with E-state index in [0.29, 0.717) is 5.69 Å². The number of carbonyl (C=O) groups excluding carboxylic acids is 1. The normalized spacial score (nSPS) is 16.2. The first kappa shape index (κ1) is 13.3. The Morgan fingerprint density at radius 3 is 2.68 bits per heavy atom. The molecule has 1 aliphatic heterocycles. The summed E-state index contributed by atoms with van der Waals surface area (Å²) in [7, 11) is 0. The molecule has 0 saturated carbocycles. The van der Waals surface area contributed by atoms with Gasteiger partial charge in [0.25, 0.3) is 0 Å². The third-order valence-corrected chi connectivity index (χ3v) is 3.27. The molecular weight excluding hydrogens is 246 g/mol. The molecule has 2 heterocycles. The van der Waals surface area contributed by atoms with E-state index in [1.807, 2.05) is 4.90 Å². The molecule has 6 nitrogen and oxygen atoms in total. The molecule has 1 fully saturated rings. The van der Waals surface area contributed by atoms with Crippen LogP contribution in [0.15, 0.2) is 18.5 Å². The second kappa shape index (κ2) is 5.69. The maximum atomic E-state index is 11.2. The number of hydrogen-bond donors (Lipinski definition) is 2. The molecule has 0 atom stereocenters. The van der Waals surface area contributed by atoms with E-state index in [4.69, 9.17) is 5.11 Å². The number of aromatic nitrogens is 1. The van der Waals surface area contributed by atoms with Gasteiger partial charge in [-0.05, 0) is 18.9 Å². The summed E-state index contributed by atoms with van der Waals surface area (Å²) in [5.41, 5.74) is 0.921. The van der Waals surface area contributed by atoms with Crippen molar-refractivity contribution in [2.75, 3.05) is 18.0 Å². The van der Waals surface area contributed by atoms with Crippen molar-refractivity contribution in [3.63, 3.8) is 0 Å². The maximum absolute atomic E-state index is 11.2. The topological polar surface area (TPSA) is 82.5 Å². The second-order valence-corrected chi connectivity index (χ2v) is 4.66. The van der Waals surface area contributed by atoms with Gasteiger partial charge in [0.05, 0.1) is 17.4 Å². The Morgan fingerprint density at radius 2 is 2.11 bits per heavy atom. The molecule has 1 aliphatic rings. The summed E-state index contributed by atoms with van der Waals surface area (Å²) in [6.45, 7) is 2.95. The summed E-state index contributed by atoms with van der Waals surface area (Å²) < 4.78 is 0. The number of nitrogens with zero attached hydrogens (tertiary/aromatic N) is 2. The molecule has 0 aromatic carbocycles. The van der Waals surface area contributed by atoms with Crippen LogP contribution in [0.5, 0.6) is 0 Å². The van der Waals surface area contributed by atoms with Crippen LogP contribution >= 0.6 is 0 Å². The zero-order valence-corrected chi connectivity index (χ0v) is 10.8. The van der Waals surface area contributed by atoms with Crippen LogP contribution in [0, 0.1) is 0 Å². The molecule has 0 spiro atoms. The number of amides is 1. The summed E-state index contributed by atoms with van der Waals surface area (Å²) in [5.74, 6) is -0.965. The third-order valence-electron chi connectivity index (χ3n) is 3.27. The van der Waals surface area contributed by atoms with Crippen molar-refractivity contribution in [2.45, 2.75) is 25.8 Å². The van der Waals surface area contributed by atoms with E-state index in [1.165, 1.54) is 19.2 Å². The number of hydrogen-bond acceptors (Lipinski definition) is 4. The van der Waals surface area contributed by atoms with Gasteiger partial charge in [0.1, 0.15) is 0 Å². The Balaban J connectivity index is 2.05. The standard InChI is InChI=1S/C13H17N3O3/c1-9(17)15-10-3-6-16(7-4-10)12-8-14-5-2-11(12)13(18)19/h2,5,8,10H,3-4,6-7H2,1H3,(H,15,17)(H,18,19). The van der Waals surface area contributed by atoms with Crippen molar-refractivity contribution in [2.24, 2.45) is 0 Å². The van der Waals surface area contributed by atoms with E-state index >= 15 is 0 Å². The van der Waals surface area contributed by atoms with Gasteiger partial charge in [-0.2, -0.15) is 0 Å². The monoisotopic (exact) mass is 263 g/mol. The molecule has 1 aromatic rings. The number of carbonyl (C=O) groups is 2. The number of rotatable bonds is 3. The highest BCUT2D eigenvalue weighted by atomic mass is 16.4. The Morgan fingerprint density at radius 1 is 1.42 bits per heavy atom. The second-order valence-electron chi connectivity index (χ2n) is 4.66. The van der Waals surface area contributed by atoms with Crippen molar-refractivity contribution in [1.29, 1.82) is 0 Å². The lowest BCUT2D eigenvalue weighted by Gasteiger charge is -2.34. The number of piperidine rings is 1. The van der Waals surface area contributed by atoms with Crippen molar-refractivity contribution < 1.29 is 14.7 Å². The van der Waals surface area contributed by atoms with E-state index < -0.39 is 5.97 Å². The number of nitrogens with one attached hydrogen (secondary N) is 1. The smallest absolute Gasteiger partial charge is 0.337 e. The van der Waals surface area contributed by atoms with Crippen LogP contribution < -0.4 is 10.2 Å². The van der Waals surface area contributed by atoms with Crippen LogP contribution in [0.25, 0.3) is 0 Å². The fourth-order valence-corrected chi connectivity index (χ4v) is 2.37. The highest BCUT2D eigenvalue weighted by Gasteiger charge is 2.23.